The highest BCUT2D eigenvalue weighted by Gasteiger charge is 2.15. The number of halogens is 3. The smallest absolute Gasteiger partial charge is 0.255 e. The summed E-state index contributed by atoms with van der Waals surface area (Å²) < 4.78 is 39.0. The van der Waals surface area contributed by atoms with Crippen molar-refractivity contribution in [2.24, 2.45) is 0 Å². The fraction of sp³-hybridized carbons (Fsp3) is 0.133. The predicted octanol–water partition coefficient (Wildman–Crippen LogP) is 3.97. The van der Waals surface area contributed by atoms with Crippen LogP contribution in [0.3, 0.4) is 0 Å². The number of benzene rings is 2. The van der Waals surface area contributed by atoms with Crippen molar-refractivity contribution in [3.63, 3.8) is 0 Å². The molecule has 0 bridgehead atoms. The Balaban J connectivity index is 2.31. The van der Waals surface area contributed by atoms with Gasteiger partial charge in [-0.05, 0) is 43.2 Å². The van der Waals surface area contributed by atoms with Crippen LogP contribution in [0.4, 0.5) is 18.9 Å². The van der Waals surface area contributed by atoms with E-state index in [1.807, 2.05) is 19.9 Å². The molecule has 0 aliphatic carbocycles. The van der Waals surface area contributed by atoms with Gasteiger partial charge < -0.3 is 5.32 Å². The zero-order chi connectivity index (χ0) is 14.9. The molecule has 0 fully saturated rings. The molecule has 20 heavy (non-hydrogen) atoms. The molecule has 2 rings (SSSR count). The van der Waals surface area contributed by atoms with Crippen LogP contribution >= 0.6 is 0 Å². The van der Waals surface area contributed by atoms with Gasteiger partial charge in [0.1, 0.15) is 0 Å². The minimum Gasteiger partial charge on any atom is -0.322 e. The van der Waals surface area contributed by atoms with Crippen LogP contribution in [0.5, 0.6) is 0 Å². The molecule has 2 nitrogen and oxygen atoms in total. The molecule has 0 aliphatic heterocycles. The fourth-order valence-corrected chi connectivity index (χ4v) is 1.77. The molecule has 0 radical (unpaired) electrons. The molecule has 2 aromatic rings. The van der Waals surface area contributed by atoms with E-state index in [9.17, 15) is 18.0 Å². The van der Waals surface area contributed by atoms with E-state index in [2.05, 4.69) is 5.32 Å². The number of rotatable bonds is 2. The van der Waals surface area contributed by atoms with Crippen molar-refractivity contribution in [3.8, 4) is 0 Å². The minimum absolute atomic E-state index is 0.276. The van der Waals surface area contributed by atoms with Crippen LogP contribution in [-0.2, 0) is 0 Å². The first-order valence-corrected chi connectivity index (χ1v) is 5.92. The monoisotopic (exact) mass is 279 g/mol. The van der Waals surface area contributed by atoms with Gasteiger partial charge in [0.05, 0.1) is 0 Å². The molecule has 104 valence electrons. The Kier molecular flexibility index (Phi) is 3.79. The van der Waals surface area contributed by atoms with Gasteiger partial charge >= 0.3 is 0 Å². The van der Waals surface area contributed by atoms with Gasteiger partial charge in [0.2, 0.25) is 0 Å². The van der Waals surface area contributed by atoms with Crippen LogP contribution < -0.4 is 5.32 Å². The average molecular weight is 279 g/mol. The van der Waals surface area contributed by atoms with Gasteiger partial charge in [-0.2, -0.15) is 0 Å². The normalized spacial score (nSPS) is 10.4. The van der Waals surface area contributed by atoms with Crippen molar-refractivity contribution in [2.45, 2.75) is 13.8 Å². The third kappa shape index (κ3) is 2.66. The number of hydrogen-bond acceptors (Lipinski definition) is 1. The van der Waals surface area contributed by atoms with Crippen LogP contribution in [-0.4, -0.2) is 5.91 Å². The van der Waals surface area contributed by atoms with E-state index in [0.717, 1.165) is 11.1 Å². The maximum Gasteiger partial charge on any atom is 0.255 e. The van der Waals surface area contributed by atoms with Gasteiger partial charge in [0.15, 0.2) is 17.5 Å². The van der Waals surface area contributed by atoms with Crippen molar-refractivity contribution in [1.29, 1.82) is 0 Å². The lowest BCUT2D eigenvalue weighted by Crippen LogP contribution is -2.14. The van der Waals surface area contributed by atoms with Crippen molar-refractivity contribution < 1.29 is 18.0 Å². The van der Waals surface area contributed by atoms with Gasteiger partial charge in [-0.15, -0.1) is 0 Å². The molecule has 0 aromatic heterocycles. The van der Waals surface area contributed by atoms with E-state index in [1.54, 1.807) is 12.1 Å². The molecule has 0 saturated heterocycles. The lowest BCUT2D eigenvalue weighted by atomic mass is 10.1. The van der Waals surface area contributed by atoms with Crippen molar-refractivity contribution >= 4 is 11.6 Å². The van der Waals surface area contributed by atoms with Gasteiger partial charge in [0.25, 0.3) is 5.91 Å². The SMILES string of the molecule is Cc1cccc(NC(=O)c2cc(F)c(F)c(F)c2)c1C. The van der Waals surface area contributed by atoms with E-state index in [0.29, 0.717) is 17.8 Å². The fourth-order valence-electron chi connectivity index (χ4n) is 1.77. The summed E-state index contributed by atoms with van der Waals surface area (Å²) in [6.07, 6.45) is 0. The first-order chi connectivity index (χ1) is 9.40. The molecule has 5 heteroatoms. The Labute approximate surface area is 114 Å². The van der Waals surface area contributed by atoms with Crippen LogP contribution in [0, 0.1) is 31.3 Å². The first-order valence-electron chi connectivity index (χ1n) is 5.92. The summed E-state index contributed by atoms with van der Waals surface area (Å²) in [5.41, 5.74) is 2.09. The molecule has 0 unspecified atom stereocenters. The zero-order valence-electron chi connectivity index (χ0n) is 10.9. The summed E-state index contributed by atoms with van der Waals surface area (Å²) >= 11 is 0. The Morgan fingerprint density at radius 3 is 2.25 bits per heavy atom. The van der Waals surface area contributed by atoms with Crippen LogP contribution in [0.15, 0.2) is 30.3 Å². The second kappa shape index (κ2) is 5.36. The van der Waals surface area contributed by atoms with Gasteiger partial charge in [-0.25, -0.2) is 13.2 Å². The third-order valence-electron chi connectivity index (χ3n) is 3.10. The topological polar surface area (TPSA) is 29.1 Å². The molecular formula is C15H12F3NO. The van der Waals surface area contributed by atoms with Gasteiger partial charge in [0, 0.05) is 11.3 Å². The maximum atomic E-state index is 13.1. The molecule has 0 heterocycles. The maximum absolute atomic E-state index is 13.1. The molecule has 0 atom stereocenters. The number of carbonyl (C=O) groups is 1. The zero-order valence-corrected chi connectivity index (χ0v) is 10.9. The summed E-state index contributed by atoms with van der Waals surface area (Å²) in [4.78, 5) is 11.9. The molecule has 0 aliphatic rings. The molecular weight excluding hydrogens is 267 g/mol. The average Bonchev–Trinajstić information content (AvgIpc) is 2.40. The number of hydrogen-bond donors (Lipinski definition) is 1. The van der Waals surface area contributed by atoms with E-state index >= 15 is 0 Å². The molecule has 2 aromatic carbocycles. The number of carbonyl (C=O) groups excluding carboxylic acids is 1. The largest absolute Gasteiger partial charge is 0.322 e. The number of aryl methyl sites for hydroxylation is 1. The predicted molar refractivity (Wildman–Crippen MR) is 70.2 cm³/mol. The van der Waals surface area contributed by atoms with E-state index in [-0.39, 0.29) is 5.56 Å². The lowest BCUT2D eigenvalue weighted by Gasteiger charge is -2.10. The van der Waals surface area contributed by atoms with E-state index in [1.165, 1.54) is 0 Å². The minimum atomic E-state index is -1.59. The Morgan fingerprint density at radius 1 is 1.05 bits per heavy atom. The second-order valence-electron chi connectivity index (χ2n) is 4.46. The molecule has 0 saturated carbocycles. The summed E-state index contributed by atoms with van der Waals surface area (Å²) in [6.45, 7) is 3.69. The van der Waals surface area contributed by atoms with Crippen LogP contribution in [0.1, 0.15) is 21.5 Å². The molecule has 1 N–H and O–H groups in total. The van der Waals surface area contributed by atoms with Gasteiger partial charge in [-0.3, -0.25) is 4.79 Å². The Morgan fingerprint density at radius 2 is 1.65 bits per heavy atom. The highest BCUT2D eigenvalue weighted by Crippen LogP contribution is 2.20. The first kappa shape index (κ1) is 14.1. The highest BCUT2D eigenvalue weighted by molar-refractivity contribution is 6.04. The summed E-state index contributed by atoms with van der Waals surface area (Å²) in [6, 6.07) is 6.64. The van der Waals surface area contributed by atoms with E-state index in [4.69, 9.17) is 0 Å². The van der Waals surface area contributed by atoms with Crippen LogP contribution in [0.2, 0.25) is 0 Å². The number of amides is 1. The highest BCUT2D eigenvalue weighted by atomic mass is 19.2. The number of anilines is 1. The summed E-state index contributed by atoms with van der Waals surface area (Å²) in [5, 5.41) is 2.55. The van der Waals surface area contributed by atoms with Crippen molar-refractivity contribution in [2.75, 3.05) is 5.32 Å². The molecule has 1 amide bonds. The lowest BCUT2D eigenvalue weighted by molar-refractivity contribution is 0.102. The van der Waals surface area contributed by atoms with Crippen LogP contribution in [0.25, 0.3) is 0 Å². The van der Waals surface area contributed by atoms with Gasteiger partial charge in [-0.1, -0.05) is 12.1 Å². The van der Waals surface area contributed by atoms with Crippen molar-refractivity contribution in [1.82, 2.24) is 0 Å². The Bertz CT molecular complexity index is 660. The number of nitrogens with one attached hydrogen (secondary N) is 1. The second-order valence-corrected chi connectivity index (χ2v) is 4.46. The Hall–Kier alpha value is -2.30. The standard InChI is InChI=1S/C15H12F3NO/c1-8-4-3-5-13(9(8)2)19-15(20)10-6-11(16)14(18)12(17)7-10/h3-7H,1-2H3,(H,19,20). The summed E-state index contributed by atoms with van der Waals surface area (Å²) in [7, 11) is 0. The van der Waals surface area contributed by atoms with Crippen molar-refractivity contribution in [3.05, 3.63) is 64.5 Å². The molecule has 0 spiro atoms. The quantitative estimate of drug-likeness (QED) is 0.828. The van der Waals surface area contributed by atoms with E-state index < -0.39 is 23.4 Å². The third-order valence-corrected chi connectivity index (χ3v) is 3.10. The summed E-state index contributed by atoms with van der Waals surface area (Å²) in [5.74, 6) is -5.07.